The van der Waals surface area contributed by atoms with Crippen molar-refractivity contribution in [3.63, 3.8) is 0 Å². The van der Waals surface area contributed by atoms with Crippen molar-refractivity contribution >= 4 is 29.1 Å². The Labute approximate surface area is 153 Å². The summed E-state index contributed by atoms with van der Waals surface area (Å²) in [6, 6.07) is 7.79. The molecule has 0 saturated carbocycles. The number of anilines is 1. The molecule has 6 nitrogen and oxygen atoms in total. The van der Waals surface area contributed by atoms with Crippen LogP contribution in [0.5, 0.6) is 0 Å². The Balaban J connectivity index is 1.63. The maximum atomic E-state index is 12.3. The van der Waals surface area contributed by atoms with E-state index in [0.29, 0.717) is 12.8 Å². The average molecular weight is 368 g/mol. The second-order valence-electron chi connectivity index (χ2n) is 6.27. The molecule has 2 rings (SSSR count). The highest BCUT2D eigenvalue weighted by Gasteiger charge is 2.21. The lowest BCUT2D eigenvalue weighted by Crippen LogP contribution is -2.48. The van der Waals surface area contributed by atoms with Gasteiger partial charge in [0.05, 0.1) is 10.7 Å². The molecule has 0 unspecified atom stereocenters. The quantitative estimate of drug-likeness (QED) is 0.421. The van der Waals surface area contributed by atoms with Crippen molar-refractivity contribution in [2.45, 2.75) is 38.5 Å². The number of benzene rings is 1. The van der Waals surface area contributed by atoms with Crippen LogP contribution in [0.25, 0.3) is 0 Å². The van der Waals surface area contributed by atoms with Crippen LogP contribution in [0.2, 0.25) is 5.02 Å². The molecule has 1 saturated heterocycles. The number of halogens is 1. The molecule has 1 fully saturated rings. The van der Waals surface area contributed by atoms with Crippen LogP contribution in [-0.2, 0) is 9.59 Å². The van der Waals surface area contributed by atoms with Crippen LogP contribution in [0.15, 0.2) is 24.3 Å². The van der Waals surface area contributed by atoms with Crippen molar-refractivity contribution in [3.05, 3.63) is 29.3 Å². The highest BCUT2D eigenvalue weighted by atomic mass is 35.5. The number of carbonyl (C=O) groups excluding carboxylic acids is 2. The van der Waals surface area contributed by atoms with Gasteiger partial charge in [0, 0.05) is 39.0 Å². The standard InChI is InChI=1S/C18H26ClN3O3/c19-15-7-5-6-8-16(15)21-11-13-22(14-12-21)18(24)10-4-2-1-3-9-17(23)20-25/h5-8,25H,1-4,9-14H2,(H,20,23). The van der Waals surface area contributed by atoms with Crippen molar-refractivity contribution < 1.29 is 14.8 Å². The third-order valence-corrected chi connectivity index (χ3v) is 4.81. The molecule has 1 heterocycles. The molecule has 2 N–H and O–H groups in total. The smallest absolute Gasteiger partial charge is 0.243 e. The Hall–Kier alpha value is -1.79. The molecule has 0 spiro atoms. The van der Waals surface area contributed by atoms with E-state index in [4.69, 9.17) is 16.8 Å². The summed E-state index contributed by atoms with van der Waals surface area (Å²) in [5, 5.41) is 9.15. The Kier molecular flexibility index (Phi) is 8.01. The largest absolute Gasteiger partial charge is 0.367 e. The van der Waals surface area contributed by atoms with E-state index >= 15 is 0 Å². The minimum Gasteiger partial charge on any atom is -0.367 e. The topological polar surface area (TPSA) is 72.9 Å². The lowest BCUT2D eigenvalue weighted by Gasteiger charge is -2.36. The number of carbonyl (C=O) groups is 2. The molecule has 1 aromatic rings. The first kappa shape index (κ1) is 19.5. The molecule has 0 radical (unpaired) electrons. The molecular weight excluding hydrogens is 342 g/mol. The monoisotopic (exact) mass is 367 g/mol. The molecule has 1 aliphatic heterocycles. The van der Waals surface area contributed by atoms with Crippen LogP contribution in [0.4, 0.5) is 5.69 Å². The number of hydrogen-bond acceptors (Lipinski definition) is 4. The summed E-state index contributed by atoms with van der Waals surface area (Å²) in [6.07, 6.45) is 4.26. The molecular formula is C18H26ClN3O3. The molecule has 0 aliphatic carbocycles. The van der Waals surface area contributed by atoms with Gasteiger partial charge in [0.2, 0.25) is 11.8 Å². The second-order valence-corrected chi connectivity index (χ2v) is 6.68. The Bertz CT molecular complexity index is 574. The van der Waals surface area contributed by atoms with Crippen LogP contribution >= 0.6 is 11.6 Å². The van der Waals surface area contributed by atoms with Gasteiger partial charge in [-0.15, -0.1) is 0 Å². The van der Waals surface area contributed by atoms with Crippen molar-refractivity contribution in [3.8, 4) is 0 Å². The van der Waals surface area contributed by atoms with E-state index in [1.807, 2.05) is 29.2 Å². The zero-order valence-corrected chi connectivity index (χ0v) is 15.2. The van der Waals surface area contributed by atoms with E-state index in [1.54, 1.807) is 5.48 Å². The Morgan fingerprint density at radius 3 is 2.28 bits per heavy atom. The third-order valence-electron chi connectivity index (χ3n) is 4.49. The van der Waals surface area contributed by atoms with E-state index in [0.717, 1.165) is 62.6 Å². The fourth-order valence-corrected chi connectivity index (χ4v) is 3.29. The van der Waals surface area contributed by atoms with Gasteiger partial charge in [-0.25, -0.2) is 5.48 Å². The average Bonchev–Trinajstić information content (AvgIpc) is 2.64. The van der Waals surface area contributed by atoms with Crippen LogP contribution in [0.3, 0.4) is 0 Å². The minimum absolute atomic E-state index is 0.201. The van der Waals surface area contributed by atoms with E-state index < -0.39 is 0 Å². The number of hydrogen-bond donors (Lipinski definition) is 2. The Morgan fingerprint density at radius 1 is 1.00 bits per heavy atom. The minimum atomic E-state index is -0.354. The van der Waals surface area contributed by atoms with Crippen molar-refractivity contribution in [1.82, 2.24) is 10.4 Å². The van der Waals surface area contributed by atoms with Gasteiger partial charge >= 0.3 is 0 Å². The fraction of sp³-hybridized carbons (Fsp3) is 0.556. The fourth-order valence-electron chi connectivity index (χ4n) is 3.03. The van der Waals surface area contributed by atoms with Gasteiger partial charge in [-0.2, -0.15) is 0 Å². The molecule has 7 heteroatoms. The van der Waals surface area contributed by atoms with E-state index in [1.165, 1.54) is 0 Å². The van der Waals surface area contributed by atoms with E-state index in [9.17, 15) is 9.59 Å². The van der Waals surface area contributed by atoms with Gasteiger partial charge < -0.3 is 9.80 Å². The van der Waals surface area contributed by atoms with Crippen LogP contribution in [0.1, 0.15) is 38.5 Å². The van der Waals surface area contributed by atoms with Gasteiger partial charge in [-0.05, 0) is 25.0 Å². The first-order valence-corrected chi connectivity index (χ1v) is 9.20. The summed E-state index contributed by atoms with van der Waals surface area (Å²) in [5.74, 6) is -0.153. The summed E-state index contributed by atoms with van der Waals surface area (Å²) in [6.45, 7) is 3.04. The molecule has 1 aromatic carbocycles. The summed E-state index contributed by atoms with van der Waals surface area (Å²) in [5.41, 5.74) is 2.65. The van der Waals surface area contributed by atoms with Gasteiger partial charge in [0.15, 0.2) is 0 Å². The summed E-state index contributed by atoms with van der Waals surface area (Å²) in [7, 11) is 0. The van der Waals surface area contributed by atoms with Crippen molar-refractivity contribution in [1.29, 1.82) is 0 Å². The maximum absolute atomic E-state index is 12.3. The van der Waals surface area contributed by atoms with Crippen LogP contribution in [-0.4, -0.2) is 48.1 Å². The first-order chi connectivity index (χ1) is 12.1. The maximum Gasteiger partial charge on any atom is 0.243 e. The number of para-hydroxylation sites is 1. The Morgan fingerprint density at radius 2 is 1.64 bits per heavy atom. The van der Waals surface area contributed by atoms with Gasteiger partial charge in [-0.1, -0.05) is 36.6 Å². The zero-order chi connectivity index (χ0) is 18.1. The summed E-state index contributed by atoms with van der Waals surface area (Å²) >= 11 is 6.23. The predicted octanol–water partition coefficient (Wildman–Crippen LogP) is 2.83. The number of nitrogens with one attached hydrogen (secondary N) is 1. The van der Waals surface area contributed by atoms with Crippen LogP contribution in [0, 0.1) is 0 Å². The second kappa shape index (κ2) is 10.3. The highest BCUT2D eigenvalue weighted by molar-refractivity contribution is 6.33. The van der Waals surface area contributed by atoms with Crippen molar-refractivity contribution in [2.24, 2.45) is 0 Å². The lowest BCUT2D eigenvalue weighted by molar-refractivity contribution is -0.132. The lowest BCUT2D eigenvalue weighted by atomic mass is 10.1. The highest BCUT2D eigenvalue weighted by Crippen LogP contribution is 2.26. The van der Waals surface area contributed by atoms with E-state index in [-0.39, 0.29) is 11.8 Å². The molecule has 0 bridgehead atoms. The first-order valence-electron chi connectivity index (χ1n) is 8.82. The summed E-state index contributed by atoms with van der Waals surface area (Å²) < 4.78 is 0. The normalized spacial score (nSPS) is 14.5. The number of nitrogens with zero attached hydrogens (tertiary/aromatic N) is 2. The molecule has 138 valence electrons. The number of hydroxylamine groups is 1. The van der Waals surface area contributed by atoms with Gasteiger partial charge in [0.25, 0.3) is 0 Å². The number of unbranched alkanes of at least 4 members (excludes halogenated alkanes) is 3. The van der Waals surface area contributed by atoms with Gasteiger partial charge in [-0.3, -0.25) is 14.8 Å². The molecule has 0 aromatic heterocycles. The van der Waals surface area contributed by atoms with Crippen molar-refractivity contribution in [2.75, 3.05) is 31.1 Å². The summed E-state index contributed by atoms with van der Waals surface area (Å²) in [4.78, 5) is 27.3. The van der Waals surface area contributed by atoms with Gasteiger partial charge in [0.1, 0.15) is 0 Å². The SMILES string of the molecule is O=C(CCCCCCC(=O)N1CCN(c2ccccc2Cl)CC1)NO. The number of piperazine rings is 1. The molecule has 2 amide bonds. The third kappa shape index (κ3) is 6.21. The molecule has 1 aliphatic rings. The number of rotatable bonds is 8. The molecule has 25 heavy (non-hydrogen) atoms. The molecule has 0 atom stereocenters. The zero-order valence-electron chi connectivity index (χ0n) is 14.4. The van der Waals surface area contributed by atoms with Crippen LogP contribution < -0.4 is 10.4 Å². The predicted molar refractivity (Wildman–Crippen MR) is 97.9 cm³/mol. The number of amides is 2. The van der Waals surface area contributed by atoms with E-state index in [2.05, 4.69) is 4.90 Å².